The Labute approximate surface area is 96.1 Å². The van der Waals surface area contributed by atoms with E-state index in [-0.39, 0.29) is 16.9 Å². The Morgan fingerprint density at radius 1 is 1.64 bits per heavy atom. The molecule has 14 heavy (non-hydrogen) atoms. The molecule has 0 N–H and O–H groups in total. The molecule has 78 valence electrons. The first-order chi connectivity index (χ1) is 6.69. The Morgan fingerprint density at radius 2 is 2.36 bits per heavy atom. The van der Waals surface area contributed by atoms with Gasteiger partial charge in [0.25, 0.3) is 5.91 Å². The van der Waals surface area contributed by atoms with Crippen LogP contribution < -0.4 is 0 Å². The van der Waals surface area contributed by atoms with Crippen molar-refractivity contribution in [1.82, 2.24) is 4.90 Å². The van der Waals surface area contributed by atoms with E-state index in [9.17, 15) is 4.79 Å². The fraction of sp³-hybridized carbons (Fsp3) is 0.444. The average Bonchev–Trinajstić information content (AvgIpc) is 2.60. The summed E-state index contributed by atoms with van der Waals surface area (Å²) in [5, 5.41) is 0.990. The molecule has 0 aliphatic heterocycles. The van der Waals surface area contributed by atoms with Crippen molar-refractivity contribution in [2.24, 2.45) is 0 Å². The standard InChI is InChI=1S/C9H11BrClNO2/c1-2-12(6-5-10)9(13)7-3-4-8(11)14-7/h3-4H,2,5-6H2,1H3. The molecule has 1 rings (SSSR count). The zero-order valence-corrected chi connectivity index (χ0v) is 10.1. The molecule has 0 unspecified atom stereocenters. The van der Waals surface area contributed by atoms with Crippen LogP contribution in [0.3, 0.4) is 0 Å². The minimum absolute atomic E-state index is 0.126. The molecule has 0 aliphatic carbocycles. The van der Waals surface area contributed by atoms with E-state index in [1.54, 1.807) is 17.0 Å². The summed E-state index contributed by atoms with van der Waals surface area (Å²) in [6.07, 6.45) is 0. The number of carbonyl (C=O) groups excluding carboxylic acids is 1. The van der Waals surface area contributed by atoms with E-state index >= 15 is 0 Å². The lowest BCUT2D eigenvalue weighted by molar-refractivity contribution is 0.0743. The lowest BCUT2D eigenvalue weighted by atomic mass is 10.4. The molecular formula is C9H11BrClNO2. The number of halogens is 2. The highest BCUT2D eigenvalue weighted by atomic mass is 79.9. The van der Waals surface area contributed by atoms with Gasteiger partial charge < -0.3 is 9.32 Å². The number of carbonyl (C=O) groups is 1. The molecule has 0 atom stereocenters. The van der Waals surface area contributed by atoms with E-state index in [2.05, 4.69) is 15.9 Å². The molecule has 0 spiro atoms. The Balaban J connectivity index is 2.72. The van der Waals surface area contributed by atoms with Crippen molar-refractivity contribution in [1.29, 1.82) is 0 Å². The van der Waals surface area contributed by atoms with Crippen LogP contribution in [-0.4, -0.2) is 29.2 Å². The molecule has 0 radical (unpaired) electrons. The third-order valence-electron chi connectivity index (χ3n) is 1.81. The van der Waals surface area contributed by atoms with Crippen LogP contribution >= 0.6 is 27.5 Å². The van der Waals surface area contributed by atoms with E-state index in [4.69, 9.17) is 16.0 Å². The first-order valence-electron chi connectivity index (χ1n) is 4.29. The quantitative estimate of drug-likeness (QED) is 0.795. The number of alkyl halides is 1. The minimum atomic E-state index is -0.126. The smallest absolute Gasteiger partial charge is 0.289 e. The van der Waals surface area contributed by atoms with Gasteiger partial charge in [-0.2, -0.15) is 0 Å². The number of furan rings is 1. The second-order valence-corrected chi connectivity index (χ2v) is 3.84. The molecule has 0 saturated heterocycles. The van der Waals surface area contributed by atoms with Crippen LogP contribution in [-0.2, 0) is 0 Å². The van der Waals surface area contributed by atoms with Crippen molar-refractivity contribution < 1.29 is 9.21 Å². The van der Waals surface area contributed by atoms with Gasteiger partial charge in [0.05, 0.1) is 0 Å². The van der Waals surface area contributed by atoms with Crippen molar-refractivity contribution >= 4 is 33.4 Å². The number of amides is 1. The van der Waals surface area contributed by atoms with Gasteiger partial charge in [-0.25, -0.2) is 0 Å². The predicted molar refractivity (Wildman–Crippen MR) is 59.1 cm³/mol. The maximum atomic E-state index is 11.7. The summed E-state index contributed by atoms with van der Waals surface area (Å²) < 4.78 is 5.03. The van der Waals surface area contributed by atoms with E-state index in [1.165, 1.54) is 0 Å². The van der Waals surface area contributed by atoms with Crippen LogP contribution in [0.1, 0.15) is 17.5 Å². The van der Waals surface area contributed by atoms with Gasteiger partial charge in [-0.1, -0.05) is 15.9 Å². The van der Waals surface area contributed by atoms with E-state index in [0.717, 1.165) is 5.33 Å². The van der Waals surface area contributed by atoms with Gasteiger partial charge in [0.1, 0.15) is 0 Å². The van der Waals surface area contributed by atoms with Crippen molar-refractivity contribution in [3.63, 3.8) is 0 Å². The summed E-state index contributed by atoms with van der Waals surface area (Å²) in [5.41, 5.74) is 0. The van der Waals surface area contributed by atoms with Crippen LogP contribution in [0.15, 0.2) is 16.5 Å². The van der Waals surface area contributed by atoms with Gasteiger partial charge in [-0.05, 0) is 30.7 Å². The number of hydrogen-bond acceptors (Lipinski definition) is 2. The SMILES string of the molecule is CCN(CCBr)C(=O)c1ccc(Cl)o1. The third kappa shape index (κ3) is 2.75. The zero-order chi connectivity index (χ0) is 10.6. The lowest BCUT2D eigenvalue weighted by Crippen LogP contribution is -2.32. The summed E-state index contributed by atoms with van der Waals surface area (Å²) in [5.74, 6) is 0.164. The molecule has 1 amide bonds. The third-order valence-corrected chi connectivity index (χ3v) is 2.37. The molecule has 5 heteroatoms. The van der Waals surface area contributed by atoms with Gasteiger partial charge in [-0.3, -0.25) is 4.79 Å². The summed E-state index contributed by atoms with van der Waals surface area (Å²) in [6.45, 7) is 3.24. The summed E-state index contributed by atoms with van der Waals surface area (Å²) in [6, 6.07) is 3.15. The van der Waals surface area contributed by atoms with Crippen LogP contribution in [0, 0.1) is 0 Å². The molecular weight excluding hydrogens is 269 g/mol. The van der Waals surface area contributed by atoms with Gasteiger partial charge in [-0.15, -0.1) is 0 Å². The topological polar surface area (TPSA) is 33.5 Å². The Hall–Kier alpha value is -0.480. The number of rotatable bonds is 4. The molecule has 0 saturated carbocycles. The highest BCUT2D eigenvalue weighted by Gasteiger charge is 2.16. The van der Waals surface area contributed by atoms with Crippen molar-refractivity contribution in [2.45, 2.75) is 6.92 Å². The van der Waals surface area contributed by atoms with Gasteiger partial charge in [0, 0.05) is 18.4 Å². The summed E-state index contributed by atoms with van der Waals surface area (Å²) >= 11 is 8.87. The number of hydrogen-bond donors (Lipinski definition) is 0. The molecule has 0 aromatic carbocycles. The minimum Gasteiger partial charge on any atom is -0.440 e. The maximum Gasteiger partial charge on any atom is 0.289 e. The maximum absolute atomic E-state index is 11.7. The van der Waals surface area contributed by atoms with Crippen LogP contribution in [0.5, 0.6) is 0 Å². The summed E-state index contributed by atoms with van der Waals surface area (Å²) in [4.78, 5) is 13.4. The van der Waals surface area contributed by atoms with Crippen molar-refractivity contribution in [2.75, 3.05) is 18.4 Å². The highest BCUT2D eigenvalue weighted by Crippen LogP contribution is 2.14. The van der Waals surface area contributed by atoms with Crippen molar-refractivity contribution in [3.8, 4) is 0 Å². The Morgan fingerprint density at radius 3 is 2.79 bits per heavy atom. The Kier molecular flexibility index (Phi) is 4.48. The van der Waals surface area contributed by atoms with Crippen LogP contribution in [0.4, 0.5) is 0 Å². The zero-order valence-electron chi connectivity index (χ0n) is 7.80. The fourth-order valence-electron chi connectivity index (χ4n) is 1.09. The molecule has 1 heterocycles. The van der Waals surface area contributed by atoms with E-state index < -0.39 is 0 Å². The predicted octanol–water partition coefficient (Wildman–Crippen LogP) is 2.79. The summed E-state index contributed by atoms with van der Waals surface area (Å²) in [7, 11) is 0. The second-order valence-electron chi connectivity index (χ2n) is 2.68. The first-order valence-corrected chi connectivity index (χ1v) is 5.79. The van der Waals surface area contributed by atoms with Crippen LogP contribution in [0.25, 0.3) is 0 Å². The molecule has 0 bridgehead atoms. The fourth-order valence-corrected chi connectivity index (χ4v) is 1.66. The first kappa shape index (κ1) is 11.6. The molecule has 0 fully saturated rings. The van der Waals surface area contributed by atoms with Gasteiger partial charge in [0.2, 0.25) is 0 Å². The largest absolute Gasteiger partial charge is 0.440 e. The van der Waals surface area contributed by atoms with Gasteiger partial charge >= 0.3 is 0 Å². The van der Waals surface area contributed by atoms with E-state index in [1.807, 2.05) is 6.92 Å². The molecule has 1 aromatic heterocycles. The average molecular weight is 281 g/mol. The van der Waals surface area contributed by atoms with E-state index in [0.29, 0.717) is 13.1 Å². The van der Waals surface area contributed by atoms with Crippen molar-refractivity contribution in [3.05, 3.63) is 23.1 Å². The number of nitrogens with zero attached hydrogens (tertiary/aromatic N) is 1. The van der Waals surface area contributed by atoms with Gasteiger partial charge in [0.15, 0.2) is 11.0 Å². The normalized spacial score (nSPS) is 10.2. The molecule has 3 nitrogen and oxygen atoms in total. The monoisotopic (exact) mass is 279 g/mol. The Bertz CT molecular complexity index is 314. The molecule has 1 aromatic rings. The second kappa shape index (κ2) is 5.41. The highest BCUT2D eigenvalue weighted by molar-refractivity contribution is 9.09. The van der Waals surface area contributed by atoms with Crippen LogP contribution in [0.2, 0.25) is 5.22 Å². The molecule has 0 aliphatic rings. The lowest BCUT2D eigenvalue weighted by Gasteiger charge is -2.17.